The van der Waals surface area contributed by atoms with Gasteiger partial charge in [-0.2, -0.15) is 0 Å². The van der Waals surface area contributed by atoms with Crippen molar-refractivity contribution < 1.29 is 28.9 Å². The minimum absolute atomic E-state index is 0.116. The van der Waals surface area contributed by atoms with Crippen LogP contribution in [0, 0.1) is 0 Å². The number of esters is 1. The molecule has 1 aromatic rings. The molecule has 0 amide bonds. The molecule has 0 heterocycles. The fourth-order valence-corrected chi connectivity index (χ4v) is 1.42. The van der Waals surface area contributed by atoms with E-state index in [9.17, 15) is 9.59 Å². The molecule has 0 aliphatic carbocycles. The molecule has 0 radical (unpaired) electrons. The van der Waals surface area contributed by atoms with Crippen LogP contribution in [-0.2, 0) is 14.3 Å². The summed E-state index contributed by atoms with van der Waals surface area (Å²) < 4.78 is 15.0. The highest BCUT2D eigenvalue weighted by Gasteiger charge is 2.06. The zero-order valence-electron chi connectivity index (χ0n) is 11.3. The van der Waals surface area contributed by atoms with Gasteiger partial charge in [0.05, 0.1) is 27.2 Å². The average Bonchev–Trinajstić information content (AvgIpc) is 2.45. The smallest absolute Gasteiger partial charge is 0.328 e. The Kier molecular flexibility index (Phi) is 6.09. The van der Waals surface area contributed by atoms with E-state index in [0.29, 0.717) is 17.1 Å². The first-order valence-corrected chi connectivity index (χ1v) is 5.85. The van der Waals surface area contributed by atoms with Crippen molar-refractivity contribution in [3.05, 3.63) is 29.8 Å². The summed E-state index contributed by atoms with van der Waals surface area (Å²) in [5.41, 5.74) is 0.552. The van der Waals surface area contributed by atoms with Gasteiger partial charge in [0.1, 0.15) is 11.5 Å². The summed E-state index contributed by atoms with van der Waals surface area (Å²) in [4.78, 5) is 21.5. The van der Waals surface area contributed by atoms with Gasteiger partial charge in [-0.05, 0) is 24.3 Å². The predicted octanol–water partition coefficient (Wildman–Crippen LogP) is 1.73. The third-order valence-corrected chi connectivity index (χ3v) is 2.41. The molecule has 0 aliphatic rings. The second-order valence-electron chi connectivity index (χ2n) is 3.75. The third-order valence-electron chi connectivity index (χ3n) is 2.41. The molecular formula is C14H16O6. The van der Waals surface area contributed by atoms with Gasteiger partial charge in [0.25, 0.3) is 0 Å². The molecule has 0 aromatic heterocycles. The summed E-state index contributed by atoms with van der Waals surface area (Å²) in [7, 11) is 2.81. The summed E-state index contributed by atoms with van der Waals surface area (Å²) in [5, 5.41) is 8.65. The highest BCUT2D eigenvalue weighted by atomic mass is 16.5. The van der Waals surface area contributed by atoms with Crippen molar-refractivity contribution >= 4 is 18.0 Å². The number of benzene rings is 1. The maximum atomic E-state index is 11.0. The monoisotopic (exact) mass is 280 g/mol. The lowest BCUT2D eigenvalue weighted by Gasteiger charge is -2.10. The van der Waals surface area contributed by atoms with E-state index >= 15 is 0 Å². The van der Waals surface area contributed by atoms with E-state index in [1.54, 1.807) is 18.2 Å². The quantitative estimate of drug-likeness (QED) is 0.605. The van der Waals surface area contributed by atoms with Gasteiger partial charge in [-0.25, -0.2) is 4.79 Å². The van der Waals surface area contributed by atoms with E-state index in [1.807, 2.05) is 0 Å². The Labute approximate surface area is 116 Å². The van der Waals surface area contributed by atoms with Crippen LogP contribution < -0.4 is 9.47 Å². The van der Waals surface area contributed by atoms with E-state index in [4.69, 9.17) is 14.6 Å². The summed E-state index contributed by atoms with van der Waals surface area (Å²) in [6, 6.07) is 4.98. The summed E-state index contributed by atoms with van der Waals surface area (Å²) in [6.07, 6.45) is 2.52. The SMILES string of the molecule is COC(=O)CCOc1ccc(OC)cc1C=CC(=O)O. The van der Waals surface area contributed by atoms with E-state index in [0.717, 1.165) is 6.08 Å². The Bertz CT molecular complexity index is 506. The maximum Gasteiger partial charge on any atom is 0.328 e. The molecule has 0 atom stereocenters. The number of hydrogen-bond donors (Lipinski definition) is 1. The first-order valence-electron chi connectivity index (χ1n) is 5.85. The normalized spacial score (nSPS) is 10.3. The van der Waals surface area contributed by atoms with Crippen LogP contribution in [0.15, 0.2) is 24.3 Å². The van der Waals surface area contributed by atoms with Gasteiger partial charge >= 0.3 is 11.9 Å². The lowest BCUT2D eigenvalue weighted by Crippen LogP contribution is -2.08. The highest BCUT2D eigenvalue weighted by molar-refractivity contribution is 5.86. The first kappa shape index (κ1) is 15.6. The van der Waals surface area contributed by atoms with Gasteiger partial charge in [0.2, 0.25) is 0 Å². The molecule has 0 saturated carbocycles. The van der Waals surface area contributed by atoms with Crippen molar-refractivity contribution in [2.75, 3.05) is 20.8 Å². The number of aliphatic carboxylic acids is 1. The number of rotatable bonds is 7. The fraction of sp³-hybridized carbons (Fsp3) is 0.286. The Balaban J connectivity index is 2.82. The molecule has 0 unspecified atom stereocenters. The van der Waals surface area contributed by atoms with Crippen LogP contribution in [-0.4, -0.2) is 37.9 Å². The van der Waals surface area contributed by atoms with Crippen LogP contribution in [0.4, 0.5) is 0 Å². The Morgan fingerprint density at radius 2 is 2.05 bits per heavy atom. The molecular weight excluding hydrogens is 264 g/mol. The van der Waals surface area contributed by atoms with Gasteiger partial charge in [0.15, 0.2) is 0 Å². The summed E-state index contributed by atoms with van der Waals surface area (Å²) in [6.45, 7) is 0.146. The van der Waals surface area contributed by atoms with E-state index < -0.39 is 5.97 Å². The molecule has 6 heteroatoms. The van der Waals surface area contributed by atoms with Gasteiger partial charge < -0.3 is 19.3 Å². The van der Waals surface area contributed by atoms with Gasteiger partial charge in [-0.15, -0.1) is 0 Å². The Morgan fingerprint density at radius 1 is 1.30 bits per heavy atom. The summed E-state index contributed by atoms with van der Waals surface area (Å²) in [5.74, 6) is -0.392. The van der Waals surface area contributed by atoms with E-state index in [-0.39, 0.29) is 19.0 Å². The molecule has 0 spiro atoms. The number of hydrogen-bond acceptors (Lipinski definition) is 5. The van der Waals surface area contributed by atoms with Crippen molar-refractivity contribution in [2.24, 2.45) is 0 Å². The average molecular weight is 280 g/mol. The largest absolute Gasteiger partial charge is 0.497 e. The van der Waals surface area contributed by atoms with Gasteiger partial charge in [0, 0.05) is 11.6 Å². The third kappa shape index (κ3) is 5.01. The van der Waals surface area contributed by atoms with Crippen molar-refractivity contribution in [1.82, 2.24) is 0 Å². The second-order valence-corrected chi connectivity index (χ2v) is 3.75. The lowest BCUT2D eigenvalue weighted by atomic mass is 10.1. The second kappa shape index (κ2) is 7.83. The minimum atomic E-state index is -1.06. The molecule has 1 rings (SSSR count). The van der Waals surface area contributed by atoms with Crippen LogP contribution in [0.5, 0.6) is 11.5 Å². The van der Waals surface area contributed by atoms with Crippen LogP contribution in [0.2, 0.25) is 0 Å². The number of carboxylic acids is 1. The standard InChI is InChI=1S/C14H16O6/c1-18-11-4-5-12(20-8-7-14(17)19-2)10(9-11)3-6-13(15)16/h3-6,9H,7-8H2,1-2H3,(H,15,16). The van der Waals surface area contributed by atoms with Crippen LogP contribution in [0.3, 0.4) is 0 Å². The minimum Gasteiger partial charge on any atom is -0.497 e. The molecule has 20 heavy (non-hydrogen) atoms. The molecule has 0 saturated heterocycles. The zero-order chi connectivity index (χ0) is 15.0. The molecule has 1 N–H and O–H groups in total. The number of methoxy groups -OCH3 is 2. The Hall–Kier alpha value is -2.50. The zero-order valence-corrected chi connectivity index (χ0v) is 11.3. The topological polar surface area (TPSA) is 82.1 Å². The number of carboxylic acid groups (broad SMARTS) is 1. The molecule has 0 aliphatic heterocycles. The molecule has 0 bridgehead atoms. The molecule has 6 nitrogen and oxygen atoms in total. The van der Waals surface area contributed by atoms with Crippen molar-refractivity contribution in [2.45, 2.75) is 6.42 Å². The van der Waals surface area contributed by atoms with E-state index in [2.05, 4.69) is 4.74 Å². The molecule has 0 fully saturated rings. The van der Waals surface area contributed by atoms with Gasteiger partial charge in [-0.1, -0.05) is 0 Å². The van der Waals surface area contributed by atoms with Crippen LogP contribution in [0.1, 0.15) is 12.0 Å². The first-order chi connectivity index (χ1) is 9.56. The van der Waals surface area contributed by atoms with E-state index in [1.165, 1.54) is 20.3 Å². The molecule has 108 valence electrons. The van der Waals surface area contributed by atoms with Crippen LogP contribution >= 0.6 is 0 Å². The predicted molar refractivity (Wildman–Crippen MR) is 71.8 cm³/mol. The highest BCUT2D eigenvalue weighted by Crippen LogP contribution is 2.25. The number of carbonyl (C=O) groups is 2. The lowest BCUT2D eigenvalue weighted by molar-refractivity contribution is -0.141. The van der Waals surface area contributed by atoms with Crippen molar-refractivity contribution in [3.63, 3.8) is 0 Å². The van der Waals surface area contributed by atoms with Crippen molar-refractivity contribution in [1.29, 1.82) is 0 Å². The van der Waals surface area contributed by atoms with Gasteiger partial charge in [-0.3, -0.25) is 4.79 Å². The maximum absolute atomic E-state index is 11.0. The molecule has 1 aromatic carbocycles. The Morgan fingerprint density at radius 3 is 2.65 bits per heavy atom. The summed E-state index contributed by atoms with van der Waals surface area (Å²) >= 11 is 0. The fourth-order valence-electron chi connectivity index (χ4n) is 1.42. The van der Waals surface area contributed by atoms with Crippen LogP contribution in [0.25, 0.3) is 6.08 Å². The number of carbonyl (C=O) groups excluding carboxylic acids is 1. The van der Waals surface area contributed by atoms with Crippen molar-refractivity contribution in [3.8, 4) is 11.5 Å². The number of ether oxygens (including phenoxy) is 3.